The van der Waals surface area contributed by atoms with Crippen LogP contribution in [0.15, 0.2) is 18.2 Å². The number of amides is 1. The van der Waals surface area contributed by atoms with Crippen molar-refractivity contribution >= 4 is 16.1 Å². The van der Waals surface area contributed by atoms with Gasteiger partial charge in [0.25, 0.3) is 10.2 Å². The van der Waals surface area contributed by atoms with Gasteiger partial charge < -0.3 is 14.8 Å². The van der Waals surface area contributed by atoms with E-state index in [1.165, 1.54) is 10.7 Å². The van der Waals surface area contributed by atoms with Crippen molar-refractivity contribution in [1.29, 1.82) is 0 Å². The van der Waals surface area contributed by atoms with Crippen LogP contribution < -0.4 is 14.8 Å². The summed E-state index contributed by atoms with van der Waals surface area (Å²) in [5.74, 6) is 0.956. The van der Waals surface area contributed by atoms with Crippen LogP contribution in [0, 0.1) is 5.92 Å². The largest absolute Gasteiger partial charge is 0.454 e. The van der Waals surface area contributed by atoms with Crippen molar-refractivity contribution < 1.29 is 22.7 Å². The molecular weight excluding hydrogens is 406 g/mol. The van der Waals surface area contributed by atoms with Gasteiger partial charge in [0.1, 0.15) is 0 Å². The third-order valence-corrected chi connectivity index (χ3v) is 8.45. The fourth-order valence-corrected chi connectivity index (χ4v) is 6.25. The molecule has 1 aromatic carbocycles. The monoisotopic (exact) mass is 437 g/mol. The first-order chi connectivity index (χ1) is 14.4. The normalized spacial score (nSPS) is 22.9. The van der Waals surface area contributed by atoms with Crippen LogP contribution in [-0.4, -0.2) is 55.9 Å². The highest BCUT2D eigenvalue weighted by molar-refractivity contribution is 7.86. The average molecular weight is 438 g/mol. The molecular formula is C21H31N3O5S. The zero-order valence-electron chi connectivity index (χ0n) is 17.5. The van der Waals surface area contributed by atoms with E-state index in [9.17, 15) is 13.2 Å². The van der Waals surface area contributed by atoms with Crippen molar-refractivity contribution in [2.24, 2.45) is 5.92 Å². The molecule has 1 aliphatic carbocycles. The third kappa shape index (κ3) is 4.58. The molecule has 166 valence electrons. The van der Waals surface area contributed by atoms with Gasteiger partial charge in [0.05, 0.1) is 5.92 Å². The van der Waals surface area contributed by atoms with Gasteiger partial charge in [0.15, 0.2) is 11.5 Å². The Balaban J connectivity index is 1.34. The highest BCUT2D eigenvalue weighted by Crippen LogP contribution is 2.32. The summed E-state index contributed by atoms with van der Waals surface area (Å²) in [7, 11) is -1.86. The van der Waals surface area contributed by atoms with E-state index in [-0.39, 0.29) is 31.2 Å². The summed E-state index contributed by atoms with van der Waals surface area (Å²) in [5.41, 5.74) is 0.921. The quantitative estimate of drug-likeness (QED) is 0.738. The van der Waals surface area contributed by atoms with Crippen LogP contribution in [0.2, 0.25) is 0 Å². The van der Waals surface area contributed by atoms with Gasteiger partial charge in [-0.15, -0.1) is 0 Å². The molecule has 30 heavy (non-hydrogen) atoms. The fraction of sp³-hybridized carbons (Fsp3) is 0.667. The lowest BCUT2D eigenvalue weighted by molar-refractivity contribution is -0.126. The number of nitrogens with zero attached hydrogens (tertiary/aromatic N) is 2. The molecule has 2 heterocycles. The molecule has 1 N–H and O–H groups in total. The number of hydrogen-bond donors (Lipinski definition) is 1. The fourth-order valence-electron chi connectivity index (χ4n) is 4.57. The number of piperidine rings is 1. The van der Waals surface area contributed by atoms with E-state index in [0.717, 1.165) is 31.2 Å². The summed E-state index contributed by atoms with van der Waals surface area (Å²) < 4.78 is 40.0. The zero-order valence-corrected chi connectivity index (χ0v) is 18.3. The first kappa shape index (κ1) is 21.4. The van der Waals surface area contributed by atoms with E-state index in [0.29, 0.717) is 37.4 Å². The maximum absolute atomic E-state index is 13.1. The Morgan fingerprint density at radius 3 is 2.70 bits per heavy atom. The first-order valence-electron chi connectivity index (χ1n) is 10.8. The number of fused-ring (bicyclic) bond motifs is 1. The Hall–Kier alpha value is -1.84. The molecule has 1 saturated carbocycles. The van der Waals surface area contributed by atoms with Crippen LogP contribution in [0.1, 0.15) is 50.5 Å². The summed E-state index contributed by atoms with van der Waals surface area (Å²) in [6.07, 6.45) is 6.57. The molecule has 3 aliphatic rings. The maximum Gasteiger partial charge on any atom is 0.281 e. The van der Waals surface area contributed by atoms with Crippen molar-refractivity contribution in [2.75, 3.05) is 26.9 Å². The summed E-state index contributed by atoms with van der Waals surface area (Å²) in [6, 6.07) is 5.66. The van der Waals surface area contributed by atoms with Crippen LogP contribution in [0.5, 0.6) is 11.5 Å². The molecule has 0 bridgehead atoms. The second-order valence-electron chi connectivity index (χ2n) is 8.42. The minimum atomic E-state index is -3.55. The maximum atomic E-state index is 13.1. The average Bonchev–Trinajstić information content (AvgIpc) is 3.25. The number of hydrogen-bond acceptors (Lipinski definition) is 5. The Labute approximate surface area is 178 Å². The molecule has 2 fully saturated rings. The Morgan fingerprint density at radius 2 is 1.90 bits per heavy atom. The summed E-state index contributed by atoms with van der Waals surface area (Å²) >= 11 is 0. The molecule has 0 aromatic heterocycles. The molecule has 0 unspecified atom stereocenters. The van der Waals surface area contributed by atoms with Crippen LogP contribution in [-0.2, 0) is 21.5 Å². The molecule has 1 amide bonds. The Morgan fingerprint density at radius 1 is 1.13 bits per heavy atom. The molecule has 8 nitrogen and oxygen atoms in total. The lowest BCUT2D eigenvalue weighted by Gasteiger charge is -2.37. The number of ether oxygens (including phenoxy) is 2. The highest BCUT2D eigenvalue weighted by atomic mass is 32.2. The Bertz CT molecular complexity index is 869. The molecule has 9 heteroatoms. The van der Waals surface area contributed by atoms with Gasteiger partial charge in [-0.05, 0) is 43.4 Å². The van der Waals surface area contributed by atoms with Crippen molar-refractivity contribution in [1.82, 2.24) is 13.9 Å². The molecule has 1 saturated heterocycles. The Kier molecular flexibility index (Phi) is 6.50. The minimum absolute atomic E-state index is 0.0731. The summed E-state index contributed by atoms with van der Waals surface area (Å²) in [4.78, 5) is 12.7. The lowest BCUT2D eigenvalue weighted by atomic mass is 9.96. The molecule has 1 aromatic rings. The van der Waals surface area contributed by atoms with Gasteiger partial charge >= 0.3 is 0 Å². The lowest BCUT2D eigenvalue weighted by Crippen LogP contribution is -2.52. The smallest absolute Gasteiger partial charge is 0.281 e. The molecule has 0 spiro atoms. The summed E-state index contributed by atoms with van der Waals surface area (Å²) in [5, 5.41) is 2.95. The van der Waals surface area contributed by atoms with E-state index in [1.807, 2.05) is 18.2 Å². The number of carbonyl (C=O) groups is 1. The number of rotatable bonds is 6. The van der Waals surface area contributed by atoms with E-state index >= 15 is 0 Å². The van der Waals surface area contributed by atoms with Gasteiger partial charge in [-0.25, -0.2) is 0 Å². The molecule has 0 radical (unpaired) electrons. The minimum Gasteiger partial charge on any atom is -0.454 e. The third-order valence-electron chi connectivity index (χ3n) is 6.44. The van der Waals surface area contributed by atoms with Gasteiger partial charge in [-0.1, -0.05) is 25.3 Å². The summed E-state index contributed by atoms with van der Waals surface area (Å²) in [6.45, 7) is 1.31. The predicted octanol–water partition coefficient (Wildman–Crippen LogP) is 2.25. The molecule has 4 rings (SSSR count). The van der Waals surface area contributed by atoms with Gasteiger partial charge in [-0.3, -0.25) is 4.79 Å². The first-order valence-corrected chi connectivity index (χ1v) is 12.2. The predicted molar refractivity (Wildman–Crippen MR) is 112 cm³/mol. The topological polar surface area (TPSA) is 88.2 Å². The number of carbonyl (C=O) groups excluding carboxylic acids is 1. The van der Waals surface area contributed by atoms with Gasteiger partial charge in [-0.2, -0.15) is 17.0 Å². The SMILES string of the molecule is CN(C1CCCCC1)S(=O)(=O)N1CCC[C@H](C(=O)NCc2ccc3c(c2)OCO3)C1. The van der Waals surface area contributed by atoms with Crippen molar-refractivity contribution in [3.8, 4) is 11.5 Å². The van der Waals surface area contributed by atoms with Crippen molar-refractivity contribution in [3.05, 3.63) is 23.8 Å². The van der Waals surface area contributed by atoms with Crippen LogP contribution in [0.3, 0.4) is 0 Å². The van der Waals surface area contributed by atoms with Crippen LogP contribution >= 0.6 is 0 Å². The van der Waals surface area contributed by atoms with Gasteiger partial charge in [0, 0.05) is 32.7 Å². The van der Waals surface area contributed by atoms with E-state index in [4.69, 9.17) is 9.47 Å². The van der Waals surface area contributed by atoms with Crippen LogP contribution in [0.25, 0.3) is 0 Å². The van der Waals surface area contributed by atoms with Crippen molar-refractivity contribution in [3.63, 3.8) is 0 Å². The second kappa shape index (κ2) is 9.11. The number of nitrogens with one attached hydrogen (secondary N) is 1. The van der Waals surface area contributed by atoms with E-state index in [1.54, 1.807) is 11.4 Å². The zero-order chi connectivity index (χ0) is 21.1. The highest BCUT2D eigenvalue weighted by Gasteiger charge is 2.37. The number of benzene rings is 1. The van der Waals surface area contributed by atoms with Gasteiger partial charge in [0.2, 0.25) is 12.7 Å². The molecule has 2 aliphatic heterocycles. The van der Waals surface area contributed by atoms with Crippen molar-refractivity contribution in [2.45, 2.75) is 57.5 Å². The van der Waals surface area contributed by atoms with E-state index < -0.39 is 10.2 Å². The molecule has 1 atom stereocenters. The standard InChI is InChI=1S/C21H31N3O5S/c1-23(18-7-3-2-4-8-18)30(26,27)24-11-5-6-17(14-24)21(25)22-13-16-9-10-19-20(12-16)29-15-28-19/h9-10,12,17-18H,2-8,11,13-15H2,1H3,(H,22,25)/t17-/m0/s1. The second-order valence-corrected chi connectivity index (χ2v) is 10.4. The van der Waals surface area contributed by atoms with Crippen LogP contribution in [0.4, 0.5) is 0 Å². The van der Waals surface area contributed by atoms with E-state index in [2.05, 4.69) is 5.32 Å².